The van der Waals surface area contributed by atoms with Gasteiger partial charge in [0.1, 0.15) is 12.2 Å². The molecule has 0 aromatic heterocycles. The molecule has 1 saturated heterocycles. The monoisotopic (exact) mass is 362 g/mol. The van der Waals surface area contributed by atoms with Crippen LogP contribution in [0, 0.1) is 5.92 Å². The molecular weight excluding hydrogens is 332 g/mol. The van der Waals surface area contributed by atoms with Gasteiger partial charge in [0.25, 0.3) is 0 Å². The Morgan fingerprint density at radius 3 is 2.38 bits per heavy atom. The van der Waals surface area contributed by atoms with Crippen molar-refractivity contribution in [3.63, 3.8) is 0 Å². The molecular formula is C20H30N2O4. The maximum atomic E-state index is 12.2. The smallest absolute Gasteiger partial charge is 0.410 e. The van der Waals surface area contributed by atoms with Gasteiger partial charge < -0.3 is 19.7 Å². The van der Waals surface area contributed by atoms with Crippen molar-refractivity contribution in [2.75, 3.05) is 13.1 Å². The number of nitrogens with zero attached hydrogens (tertiary/aromatic N) is 1. The first-order valence-corrected chi connectivity index (χ1v) is 9.20. The van der Waals surface area contributed by atoms with Crippen LogP contribution in [0.3, 0.4) is 0 Å². The van der Waals surface area contributed by atoms with Crippen LogP contribution in [0.25, 0.3) is 0 Å². The highest BCUT2D eigenvalue weighted by molar-refractivity contribution is 5.68. The predicted molar refractivity (Wildman–Crippen MR) is 99.8 cm³/mol. The van der Waals surface area contributed by atoms with Crippen molar-refractivity contribution in [2.45, 2.75) is 58.8 Å². The molecule has 0 radical (unpaired) electrons. The van der Waals surface area contributed by atoms with Crippen molar-refractivity contribution < 1.29 is 19.1 Å². The summed E-state index contributed by atoms with van der Waals surface area (Å²) in [5.74, 6) is 0.320. The van der Waals surface area contributed by atoms with E-state index in [1.165, 1.54) is 0 Å². The molecule has 1 atom stereocenters. The zero-order chi connectivity index (χ0) is 19.2. The molecule has 6 nitrogen and oxygen atoms in total. The van der Waals surface area contributed by atoms with Crippen LogP contribution in [0.4, 0.5) is 9.59 Å². The number of amides is 2. The average Bonchev–Trinajstić information content (AvgIpc) is 2.59. The Kier molecular flexibility index (Phi) is 6.89. The summed E-state index contributed by atoms with van der Waals surface area (Å²) in [7, 11) is 0. The number of carbonyl (C=O) groups is 2. The lowest BCUT2D eigenvalue weighted by Gasteiger charge is -2.34. The van der Waals surface area contributed by atoms with Crippen molar-refractivity contribution in [1.29, 1.82) is 0 Å². The predicted octanol–water partition coefficient (Wildman–Crippen LogP) is 3.95. The van der Waals surface area contributed by atoms with Crippen molar-refractivity contribution in [1.82, 2.24) is 10.2 Å². The van der Waals surface area contributed by atoms with Gasteiger partial charge in [-0.05, 0) is 52.0 Å². The Labute approximate surface area is 155 Å². The van der Waals surface area contributed by atoms with Crippen LogP contribution in [0.1, 0.15) is 46.1 Å². The van der Waals surface area contributed by atoms with Gasteiger partial charge in [-0.15, -0.1) is 0 Å². The van der Waals surface area contributed by atoms with Gasteiger partial charge in [0.15, 0.2) is 0 Å². The minimum atomic E-state index is -0.504. The second-order valence-electron chi connectivity index (χ2n) is 7.80. The minimum Gasteiger partial charge on any atom is -0.445 e. The quantitative estimate of drug-likeness (QED) is 0.881. The van der Waals surface area contributed by atoms with Gasteiger partial charge in [0, 0.05) is 19.1 Å². The van der Waals surface area contributed by atoms with Gasteiger partial charge >= 0.3 is 12.2 Å². The fourth-order valence-corrected chi connectivity index (χ4v) is 3.00. The van der Waals surface area contributed by atoms with Crippen LogP contribution in [0.5, 0.6) is 0 Å². The molecule has 0 bridgehead atoms. The van der Waals surface area contributed by atoms with E-state index in [0.717, 1.165) is 18.4 Å². The van der Waals surface area contributed by atoms with E-state index >= 15 is 0 Å². The minimum absolute atomic E-state index is 0.00680. The standard InChI is InChI=1S/C20H30N2O4/c1-15(21-18(23)26-20(2,3)4)17-10-12-22(13-11-17)19(24)25-14-16-8-6-5-7-9-16/h5-9,15,17H,10-14H2,1-4H3,(H,21,23). The summed E-state index contributed by atoms with van der Waals surface area (Å²) in [6, 6.07) is 9.66. The van der Waals surface area contributed by atoms with Gasteiger partial charge in [-0.1, -0.05) is 30.3 Å². The van der Waals surface area contributed by atoms with Crippen LogP contribution in [-0.2, 0) is 16.1 Å². The molecule has 1 aromatic rings. The van der Waals surface area contributed by atoms with E-state index < -0.39 is 11.7 Å². The molecule has 2 amide bonds. The zero-order valence-electron chi connectivity index (χ0n) is 16.2. The highest BCUT2D eigenvalue weighted by atomic mass is 16.6. The molecule has 1 fully saturated rings. The van der Waals surface area contributed by atoms with Crippen molar-refractivity contribution in [3.8, 4) is 0 Å². The number of hydrogen-bond donors (Lipinski definition) is 1. The lowest BCUT2D eigenvalue weighted by molar-refractivity contribution is 0.0460. The molecule has 1 aliphatic heterocycles. The van der Waals surface area contributed by atoms with E-state index in [1.54, 1.807) is 4.90 Å². The van der Waals surface area contributed by atoms with Crippen LogP contribution in [0.15, 0.2) is 30.3 Å². The first-order chi connectivity index (χ1) is 12.2. The number of ether oxygens (including phenoxy) is 2. The molecule has 1 N–H and O–H groups in total. The van der Waals surface area contributed by atoms with Crippen LogP contribution in [-0.4, -0.2) is 41.8 Å². The third-order valence-corrected chi connectivity index (χ3v) is 4.45. The molecule has 2 rings (SSSR count). The highest BCUT2D eigenvalue weighted by Crippen LogP contribution is 2.22. The number of nitrogens with one attached hydrogen (secondary N) is 1. The number of rotatable bonds is 4. The van der Waals surface area contributed by atoms with E-state index in [1.807, 2.05) is 58.0 Å². The van der Waals surface area contributed by atoms with Crippen molar-refractivity contribution >= 4 is 12.2 Å². The summed E-state index contributed by atoms with van der Waals surface area (Å²) in [5.41, 5.74) is 0.473. The average molecular weight is 362 g/mol. The number of alkyl carbamates (subject to hydrolysis) is 1. The molecule has 1 aromatic carbocycles. The molecule has 26 heavy (non-hydrogen) atoms. The first-order valence-electron chi connectivity index (χ1n) is 9.20. The van der Waals surface area contributed by atoms with E-state index in [-0.39, 0.29) is 18.7 Å². The Morgan fingerprint density at radius 2 is 1.81 bits per heavy atom. The summed E-state index contributed by atoms with van der Waals surface area (Å²) < 4.78 is 10.7. The van der Waals surface area contributed by atoms with Crippen LogP contribution >= 0.6 is 0 Å². The van der Waals surface area contributed by atoms with E-state index in [0.29, 0.717) is 19.0 Å². The second-order valence-corrected chi connectivity index (χ2v) is 7.80. The lowest BCUT2D eigenvalue weighted by atomic mass is 9.90. The Morgan fingerprint density at radius 1 is 1.19 bits per heavy atom. The Bertz CT molecular complexity index is 590. The summed E-state index contributed by atoms with van der Waals surface area (Å²) in [5, 5.41) is 2.90. The normalized spacial score (nSPS) is 16.7. The van der Waals surface area contributed by atoms with E-state index in [4.69, 9.17) is 9.47 Å². The van der Waals surface area contributed by atoms with Crippen LogP contribution < -0.4 is 5.32 Å². The number of likely N-dealkylation sites (tertiary alicyclic amines) is 1. The fraction of sp³-hybridized carbons (Fsp3) is 0.600. The number of piperidine rings is 1. The van der Waals surface area contributed by atoms with E-state index in [2.05, 4.69) is 5.32 Å². The van der Waals surface area contributed by atoms with Gasteiger partial charge in [-0.2, -0.15) is 0 Å². The number of carbonyl (C=O) groups excluding carboxylic acids is 2. The zero-order valence-corrected chi connectivity index (χ0v) is 16.2. The maximum absolute atomic E-state index is 12.2. The summed E-state index contributed by atoms with van der Waals surface area (Å²) in [4.78, 5) is 25.8. The van der Waals surface area contributed by atoms with Gasteiger partial charge in [0.2, 0.25) is 0 Å². The first kappa shape index (κ1) is 20.1. The largest absolute Gasteiger partial charge is 0.445 e. The van der Waals surface area contributed by atoms with Crippen molar-refractivity contribution in [3.05, 3.63) is 35.9 Å². The number of benzene rings is 1. The topological polar surface area (TPSA) is 67.9 Å². The summed E-state index contributed by atoms with van der Waals surface area (Å²) in [6.07, 6.45) is 0.990. The third-order valence-electron chi connectivity index (χ3n) is 4.45. The fourth-order valence-electron chi connectivity index (χ4n) is 3.00. The Balaban J connectivity index is 1.72. The maximum Gasteiger partial charge on any atom is 0.410 e. The molecule has 144 valence electrons. The molecule has 0 spiro atoms. The lowest BCUT2D eigenvalue weighted by Crippen LogP contribution is -2.46. The molecule has 6 heteroatoms. The van der Waals surface area contributed by atoms with Gasteiger partial charge in [-0.25, -0.2) is 9.59 Å². The van der Waals surface area contributed by atoms with Gasteiger partial charge in [0.05, 0.1) is 0 Å². The molecule has 1 aliphatic rings. The van der Waals surface area contributed by atoms with Crippen LogP contribution in [0.2, 0.25) is 0 Å². The molecule has 1 unspecified atom stereocenters. The van der Waals surface area contributed by atoms with Gasteiger partial charge in [-0.3, -0.25) is 0 Å². The summed E-state index contributed by atoms with van der Waals surface area (Å²) >= 11 is 0. The van der Waals surface area contributed by atoms with Crippen molar-refractivity contribution in [2.24, 2.45) is 5.92 Å². The highest BCUT2D eigenvalue weighted by Gasteiger charge is 2.28. The summed E-state index contributed by atoms with van der Waals surface area (Å²) in [6.45, 7) is 9.08. The molecule has 1 heterocycles. The van der Waals surface area contributed by atoms with E-state index in [9.17, 15) is 9.59 Å². The Hall–Kier alpha value is -2.24. The SMILES string of the molecule is CC(NC(=O)OC(C)(C)C)C1CCN(C(=O)OCc2ccccc2)CC1. The number of hydrogen-bond acceptors (Lipinski definition) is 4. The third kappa shape index (κ3) is 6.58. The molecule has 0 aliphatic carbocycles. The molecule has 0 saturated carbocycles. The second kappa shape index (κ2) is 8.92.